The molecule has 1 aliphatic carbocycles. The van der Waals surface area contributed by atoms with Crippen LogP contribution in [0, 0.1) is 18.3 Å². The number of benzene rings is 1. The molecule has 1 fully saturated rings. The van der Waals surface area contributed by atoms with Crippen molar-refractivity contribution in [3.05, 3.63) is 89.3 Å². The third-order valence-electron chi connectivity index (χ3n) is 8.06. The van der Waals surface area contributed by atoms with E-state index >= 15 is 0 Å². The zero-order chi connectivity index (χ0) is 29.2. The van der Waals surface area contributed by atoms with Gasteiger partial charge in [0.15, 0.2) is 0 Å². The monoisotopic (exact) mass is 551 g/mol. The van der Waals surface area contributed by atoms with E-state index < -0.39 is 0 Å². The maximum atomic E-state index is 8.85. The second-order valence-electron chi connectivity index (χ2n) is 11.2. The highest BCUT2D eigenvalue weighted by Gasteiger charge is 2.19. The van der Waals surface area contributed by atoms with Crippen LogP contribution in [0.4, 0.5) is 17.3 Å². The first-order valence-corrected chi connectivity index (χ1v) is 14.9. The molecule has 1 aliphatic rings. The second-order valence-corrected chi connectivity index (χ2v) is 11.2. The molecule has 0 bridgehead atoms. The number of allylic oxidation sites excluding steroid dienone is 1. The van der Waals surface area contributed by atoms with Crippen molar-refractivity contribution in [3.63, 3.8) is 0 Å². The first-order valence-electron chi connectivity index (χ1n) is 14.9. The third kappa shape index (κ3) is 8.27. The van der Waals surface area contributed by atoms with Crippen molar-refractivity contribution < 1.29 is 0 Å². The number of nitrogens with zero attached hydrogens (tertiary/aromatic N) is 2. The minimum atomic E-state index is 0.242. The Morgan fingerprint density at radius 3 is 2.54 bits per heavy atom. The Morgan fingerprint density at radius 1 is 1.07 bits per heavy atom. The molecule has 1 unspecified atom stereocenters. The van der Waals surface area contributed by atoms with Crippen LogP contribution in [-0.4, -0.2) is 28.3 Å². The van der Waals surface area contributed by atoms with E-state index in [1.165, 1.54) is 32.1 Å². The lowest BCUT2D eigenvalue weighted by Crippen LogP contribution is -2.35. The smallest absolute Gasteiger partial charge is 0.134 e. The van der Waals surface area contributed by atoms with Gasteiger partial charge < -0.3 is 22.1 Å². The molecule has 1 atom stereocenters. The van der Waals surface area contributed by atoms with Crippen LogP contribution in [0.25, 0.3) is 11.8 Å². The van der Waals surface area contributed by atoms with Gasteiger partial charge in [0.05, 0.1) is 17.0 Å². The Bertz CT molecular complexity index is 1350. The van der Waals surface area contributed by atoms with Gasteiger partial charge in [-0.05, 0) is 81.7 Å². The zero-order valence-corrected chi connectivity index (χ0v) is 24.5. The number of aromatic nitrogens is 2. The summed E-state index contributed by atoms with van der Waals surface area (Å²) in [5.41, 5.74) is 18.1. The topological polar surface area (TPSA) is 126 Å². The maximum absolute atomic E-state index is 8.85. The quantitative estimate of drug-likeness (QED) is 0.113. The molecular weight excluding hydrogens is 506 g/mol. The van der Waals surface area contributed by atoms with Gasteiger partial charge in [0.25, 0.3) is 0 Å². The molecule has 0 amide bonds. The third-order valence-corrected chi connectivity index (χ3v) is 8.06. The predicted octanol–water partition coefficient (Wildman–Crippen LogP) is 7.19. The molecular formula is C34H45N7. The lowest BCUT2D eigenvalue weighted by atomic mass is 9.84. The van der Waals surface area contributed by atoms with Gasteiger partial charge in [0.1, 0.15) is 11.6 Å². The van der Waals surface area contributed by atoms with E-state index in [9.17, 15) is 0 Å². The Kier molecular flexibility index (Phi) is 10.7. The standard InChI is InChI=1S/C34H45N7/c1-23-18-20-39-30(21-23)41-25(3)27-14-16-28(17-15-27)32(35)31-33(36)29(22-40-34(31)37)13-7-4-5-10-19-38-24(2)26-11-8-6-9-12-26/h7,13-18,20-22,24,26,35,38H,3-6,8-12,19H2,1-2H3,(H,39,41)(H4,36,37,40)/b13-7+,35-32?. The number of nitrogen functional groups attached to an aromatic ring is 2. The molecule has 2 heterocycles. The summed E-state index contributed by atoms with van der Waals surface area (Å²) in [6.45, 7) is 9.56. The summed E-state index contributed by atoms with van der Waals surface area (Å²) >= 11 is 0. The summed E-state index contributed by atoms with van der Waals surface area (Å²) in [6, 6.07) is 12.1. The van der Waals surface area contributed by atoms with E-state index in [1.54, 1.807) is 12.4 Å². The number of unbranched alkanes of at least 4 members (excludes halogenated alkanes) is 2. The molecule has 2 aromatic heterocycles. The molecule has 0 aliphatic heterocycles. The lowest BCUT2D eigenvalue weighted by Gasteiger charge is -2.28. The average Bonchev–Trinajstić information content (AvgIpc) is 2.98. The molecule has 216 valence electrons. The first kappa shape index (κ1) is 30.0. The lowest BCUT2D eigenvalue weighted by molar-refractivity contribution is 0.281. The molecule has 1 aromatic carbocycles. The Hall–Kier alpha value is -3.97. The Labute approximate surface area is 245 Å². The van der Waals surface area contributed by atoms with E-state index in [0.717, 1.165) is 59.9 Å². The van der Waals surface area contributed by atoms with Crippen LogP contribution in [-0.2, 0) is 0 Å². The van der Waals surface area contributed by atoms with Crippen LogP contribution in [0.3, 0.4) is 0 Å². The van der Waals surface area contributed by atoms with E-state index in [2.05, 4.69) is 40.2 Å². The van der Waals surface area contributed by atoms with E-state index in [1.807, 2.05) is 49.4 Å². The van der Waals surface area contributed by atoms with Crippen LogP contribution < -0.4 is 22.1 Å². The number of pyridine rings is 2. The number of nitrogens with one attached hydrogen (secondary N) is 3. The molecule has 7 heteroatoms. The predicted molar refractivity (Wildman–Crippen MR) is 174 cm³/mol. The minimum absolute atomic E-state index is 0.242. The molecule has 3 aromatic rings. The van der Waals surface area contributed by atoms with E-state index in [-0.39, 0.29) is 11.5 Å². The summed E-state index contributed by atoms with van der Waals surface area (Å²) in [7, 11) is 0. The molecule has 7 N–H and O–H groups in total. The maximum Gasteiger partial charge on any atom is 0.134 e. The van der Waals surface area contributed by atoms with Crippen LogP contribution in [0.1, 0.15) is 86.1 Å². The van der Waals surface area contributed by atoms with Gasteiger partial charge in [0, 0.05) is 35.3 Å². The van der Waals surface area contributed by atoms with Crippen LogP contribution >= 0.6 is 0 Å². The largest absolute Gasteiger partial charge is 0.398 e. The van der Waals surface area contributed by atoms with Gasteiger partial charge in [-0.15, -0.1) is 0 Å². The van der Waals surface area contributed by atoms with Gasteiger partial charge >= 0.3 is 0 Å². The van der Waals surface area contributed by atoms with Crippen molar-refractivity contribution in [3.8, 4) is 0 Å². The van der Waals surface area contributed by atoms with Crippen LogP contribution in [0.2, 0.25) is 0 Å². The fourth-order valence-electron chi connectivity index (χ4n) is 5.49. The van der Waals surface area contributed by atoms with Crippen molar-refractivity contribution >= 4 is 34.8 Å². The molecule has 0 spiro atoms. The highest BCUT2D eigenvalue weighted by atomic mass is 15.0. The fourth-order valence-corrected chi connectivity index (χ4v) is 5.49. The Balaban J connectivity index is 1.31. The molecule has 0 saturated heterocycles. The number of hydrogen-bond acceptors (Lipinski definition) is 7. The van der Waals surface area contributed by atoms with Crippen molar-refractivity contribution in [1.29, 1.82) is 5.41 Å². The summed E-state index contributed by atoms with van der Waals surface area (Å²) in [6.07, 6.45) is 17.7. The second kappa shape index (κ2) is 14.6. The highest BCUT2D eigenvalue weighted by molar-refractivity contribution is 6.17. The van der Waals surface area contributed by atoms with Crippen molar-refractivity contribution in [1.82, 2.24) is 15.3 Å². The van der Waals surface area contributed by atoms with Gasteiger partial charge in [0.2, 0.25) is 0 Å². The molecule has 1 saturated carbocycles. The fraction of sp³-hybridized carbons (Fsp3) is 0.382. The summed E-state index contributed by atoms with van der Waals surface area (Å²) in [4.78, 5) is 8.67. The van der Waals surface area contributed by atoms with Gasteiger partial charge in [-0.25, -0.2) is 9.97 Å². The van der Waals surface area contributed by atoms with Gasteiger partial charge in [-0.2, -0.15) is 0 Å². The van der Waals surface area contributed by atoms with Crippen LogP contribution in [0.15, 0.2) is 61.4 Å². The SMILES string of the molecule is C=C(Nc1cc(C)ccn1)c1ccc(C(=N)c2c(N)ncc(/C=C/CCCCNC(C)C3CCCCC3)c2N)cc1. The molecule has 0 radical (unpaired) electrons. The van der Waals surface area contributed by atoms with Crippen molar-refractivity contribution in [2.75, 3.05) is 23.3 Å². The molecule has 41 heavy (non-hydrogen) atoms. The molecule has 4 rings (SSSR count). The van der Waals surface area contributed by atoms with E-state index in [4.69, 9.17) is 16.9 Å². The van der Waals surface area contributed by atoms with Crippen molar-refractivity contribution in [2.45, 2.75) is 71.3 Å². The van der Waals surface area contributed by atoms with E-state index in [0.29, 0.717) is 22.9 Å². The summed E-state index contributed by atoms with van der Waals surface area (Å²) in [5, 5.41) is 15.8. The number of rotatable bonds is 13. The zero-order valence-electron chi connectivity index (χ0n) is 24.5. The van der Waals surface area contributed by atoms with Gasteiger partial charge in [-0.1, -0.05) is 62.3 Å². The number of nitrogens with two attached hydrogens (primary N) is 2. The van der Waals surface area contributed by atoms with Crippen molar-refractivity contribution in [2.24, 2.45) is 5.92 Å². The minimum Gasteiger partial charge on any atom is -0.398 e. The number of aryl methyl sites for hydroxylation is 1. The van der Waals surface area contributed by atoms with Crippen LogP contribution in [0.5, 0.6) is 0 Å². The first-order chi connectivity index (χ1) is 19.8. The summed E-state index contributed by atoms with van der Waals surface area (Å²) in [5.74, 6) is 1.83. The average molecular weight is 552 g/mol. The highest BCUT2D eigenvalue weighted by Crippen LogP contribution is 2.28. The summed E-state index contributed by atoms with van der Waals surface area (Å²) < 4.78 is 0. The number of hydrogen-bond donors (Lipinski definition) is 5. The Morgan fingerprint density at radius 2 is 1.80 bits per heavy atom. The van der Waals surface area contributed by atoms with Gasteiger partial charge in [-0.3, -0.25) is 5.41 Å². The normalized spacial score (nSPS) is 14.7. The molecule has 7 nitrogen and oxygen atoms in total. The number of anilines is 3.